The van der Waals surface area contributed by atoms with Gasteiger partial charge >= 0.3 is 0 Å². The van der Waals surface area contributed by atoms with Crippen molar-refractivity contribution < 1.29 is 0 Å². The van der Waals surface area contributed by atoms with Crippen molar-refractivity contribution >= 4 is 43.2 Å². The molecule has 0 amide bonds. The number of halogens is 2. The van der Waals surface area contributed by atoms with Gasteiger partial charge in [0.1, 0.15) is 0 Å². The number of nitrogens with one attached hydrogen (secondary N) is 1. The lowest BCUT2D eigenvalue weighted by molar-refractivity contribution is 0.602. The van der Waals surface area contributed by atoms with Crippen LogP contribution >= 0.6 is 43.2 Å². The number of hydrogen-bond donors (Lipinski definition) is 1. The summed E-state index contributed by atoms with van der Waals surface area (Å²) in [5, 5.41) is 3.37. The van der Waals surface area contributed by atoms with Crippen LogP contribution in [0.4, 0.5) is 0 Å². The van der Waals surface area contributed by atoms with E-state index in [-0.39, 0.29) is 0 Å². The molecule has 17 heavy (non-hydrogen) atoms. The summed E-state index contributed by atoms with van der Waals surface area (Å²) in [7, 11) is 2.01. The highest BCUT2D eigenvalue weighted by Crippen LogP contribution is 2.29. The van der Waals surface area contributed by atoms with Gasteiger partial charge in [-0.25, -0.2) is 0 Å². The van der Waals surface area contributed by atoms with E-state index in [4.69, 9.17) is 0 Å². The van der Waals surface area contributed by atoms with Crippen LogP contribution in [0.1, 0.15) is 16.5 Å². The van der Waals surface area contributed by atoms with Gasteiger partial charge in [-0.05, 0) is 59.2 Å². The number of likely N-dealkylation sites (N-methyl/N-ethyl adjacent to an activating group) is 1. The Bertz CT molecular complexity index is 496. The fraction of sp³-hybridized carbons (Fsp3) is 0.231. The molecule has 0 saturated carbocycles. The van der Waals surface area contributed by atoms with Crippen LogP contribution in [0.5, 0.6) is 0 Å². The molecule has 1 N–H and O–H groups in total. The van der Waals surface area contributed by atoms with Crippen LogP contribution in [-0.2, 0) is 6.42 Å². The minimum atomic E-state index is 0.376. The predicted molar refractivity (Wildman–Crippen MR) is 81.7 cm³/mol. The van der Waals surface area contributed by atoms with Gasteiger partial charge in [-0.1, -0.05) is 28.1 Å². The molecule has 90 valence electrons. The molecule has 1 aromatic heterocycles. The van der Waals surface area contributed by atoms with Crippen LogP contribution in [0.15, 0.2) is 44.7 Å². The average molecular weight is 375 g/mol. The smallest absolute Gasteiger partial charge is 0.0701 e. The summed E-state index contributed by atoms with van der Waals surface area (Å²) < 4.78 is 2.32. The maximum absolute atomic E-state index is 3.51. The summed E-state index contributed by atoms with van der Waals surface area (Å²) in [6, 6.07) is 13.1. The molecular formula is C13H13Br2NS. The van der Waals surface area contributed by atoms with Gasteiger partial charge in [-0.2, -0.15) is 0 Å². The lowest BCUT2D eigenvalue weighted by Gasteiger charge is -2.14. The van der Waals surface area contributed by atoms with Crippen LogP contribution in [-0.4, -0.2) is 7.05 Å². The minimum Gasteiger partial charge on any atom is -0.312 e. The summed E-state index contributed by atoms with van der Waals surface area (Å²) in [5.74, 6) is 0. The fourth-order valence-corrected chi connectivity index (χ4v) is 3.74. The molecule has 0 fully saturated rings. The molecule has 0 aliphatic rings. The van der Waals surface area contributed by atoms with Crippen molar-refractivity contribution in [3.05, 3.63) is 55.1 Å². The van der Waals surface area contributed by atoms with E-state index in [2.05, 4.69) is 73.6 Å². The summed E-state index contributed by atoms with van der Waals surface area (Å²) in [6.45, 7) is 0. The monoisotopic (exact) mass is 373 g/mol. The Hall–Kier alpha value is -0.160. The quantitative estimate of drug-likeness (QED) is 0.812. The van der Waals surface area contributed by atoms with E-state index in [1.54, 1.807) is 11.3 Å². The molecule has 0 aliphatic heterocycles. The summed E-state index contributed by atoms with van der Waals surface area (Å²) >= 11 is 8.81. The predicted octanol–water partition coefficient (Wildman–Crippen LogP) is 4.78. The van der Waals surface area contributed by atoms with E-state index in [0.29, 0.717) is 6.04 Å². The molecule has 0 bridgehead atoms. The van der Waals surface area contributed by atoms with E-state index in [1.807, 2.05) is 7.05 Å². The van der Waals surface area contributed by atoms with Crippen molar-refractivity contribution in [2.24, 2.45) is 0 Å². The topological polar surface area (TPSA) is 12.0 Å². The Morgan fingerprint density at radius 2 is 2.06 bits per heavy atom. The zero-order valence-corrected chi connectivity index (χ0v) is 13.4. The normalized spacial score (nSPS) is 12.6. The Labute approximate surface area is 123 Å². The molecule has 2 aromatic rings. The maximum Gasteiger partial charge on any atom is 0.0701 e. The second kappa shape index (κ2) is 6.14. The fourth-order valence-electron chi connectivity index (χ4n) is 1.76. The highest BCUT2D eigenvalue weighted by molar-refractivity contribution is 9.11. The first-order chi connectivity index (χ1) is 8.19. The summed E-state index contributed by atoms with van der Waals surface area (Å²) in [4.78, 5) is 1.36. The first kappa shape index (κ1) is 13.3. The van der Waals surface area contributed by atoms with Crippen molar-refractivity contribution in [1.29, 1.82) is 0 Å². The Balaban J connectivity index is 2.15. The molecule has 1 aromatic carbocycles. The van der Waals surface area contributed by atoms with E-state index in [1.165, 1.54) is 14.2 Å². The first-order valence-corrected chi connectivity index (χ1v) is 7.76. The largest absolute Gasteiger partial charge is 0.312 e. The van der Waals surface area contributed by atoms with Crippen LogP contribution in [0.2, 0.25) is 0 Å². The summed E-state index contributed by atoms with van der Waals surface area (Å²) in [6.07, 6.45) is 1.00. The van der Waals surface area contributed by atoms with Crippen LogP contribution in [0.3, 0.4) is 0 Å². The Morgan fingerprint density at radius 3 is 2.65 bits per heavy atom. The molecule has 1 nitrogen and oxygen atoms in total. The SMILES string of the molecule is CNC(Cc1cccc(Br)c1)c1ccc(Br)s1. The molecule has 0 saturated heterocycles. The zero-order chi connectivity index (χ0) is 12.3. The second-order valence-electron chi connectivity index (χ2n) is 3.82. The Kier molecular flexibility index (Phi) is 4.79. The van der Waals surface area contributed by atoms with Gasteiger partial charge in [-0.3, -0.25) is 0 Å². The van der Waals surface area contributed by atoms with E-state index >= 15 is 0 Å². The van der Waals surface area contributed by atoms with Crippen molar-refractivity contribution in [3.63, 3.8) is 0 Å². The van der Waals surface area contributed by atoms with Gasteiger partial charge in [0, 0.05) is 15.4 Å². The maximum atomic E-state index is 3.51. The lowest BCUT2D eigenvalue weighted by Crippen LogP contribution is -2.17. The lowest BCUT2D eigenvalue weighted by atomic mass is 10.1. The zero-order valence-electron chi connectivity index (χ0n) is 9.41. The standard InChI is InChI=1S/C13H13Br2NS/c1-16-11(12-5-6-13(15)17-12)8-9-3-2-4-10(14)7-9/h2-7,11,16H,8H2,1H3. The third kappa shape index (κ3) is 3.65. The van der Waals surface area contributed by atoms with E-state index in [9.17, 15) is 0 Å². The molecule has 1 unspecified atom stereocenters. The number of benzene rings is 1. The van der Waals surface area contributed by atoms with Gasteiger partial charge in [0.2, 0.25) is 0 Å². The van der Waals surface area contributed by atoms with Crippen molar-refractivity contribution in [1.82, 2.24) is 5.32 Å². The average Bonchev–Trinajstić information content (AvgIpc) is 2.73. The summed E-state index contributed by atoms with van der Waals surface area (Å²) in [5.41, 5.74) is 1.34. The molecule has 0 spiro atoms. The van der Waals surface area contributed by atoms with E-state index < -0.39 is 0 Å². The third-order valence-electron chi connectivity index (χ3n) is 2.61. The minimum absolute atomic E-state index is 0.376. The van der Waals surface area contributed by atoms with Crippen molar-refractivity contribution in [2.45, 2.75) is 12.5 Å². The molecule has 1 atom stereocenters. The van der Waals surface area contributed by atoms with Crippen molar-refractivity contribution in [2.75, 3.05) is 7.05 Å². The molecule has 0 aliphatic carbocycles. The number of hydrogen-bond acceptors (Lipinski definition) is 2. The van der Waals surface area contributed by atoms with Crippen molar-refractivity contribution in [3.8, 4) is 0 Å². The molecule has 4 heteroatoms. The number of thiophene rings is 1. The molecule has 1 heterocycles. The third-order valence-corrected chi connectivity index (χ3v) is 4.85. The van der Waals surface area contributed by atoms with Gasteiger partial charge in [0.25, 0.3) is 0 Å². The van der Waals surface area contributed by atoms with Gasteiger partial charge in [0.15, 0.2) is 0 Å². The van der Waals surface area contributed by atoms with E-state index in [0.717, 1.165) is 10.9 Å². The highest BCUT2D eigenvalue weighted by Gasteiger charge is 2.12. The van der Waals surface area contributed by atoms with Crippen LogP contribution < -0.4 is 5.32 Å². The molecular weight excluding hydrogens is 362 g/mol. The Morgan fingerprint density at radius 1 is 1.24 bits per heavy atom. The molecule has 0 radical (unpaired) electrons. The first-order valence-electron chi connectivity index (χ1n) is 5.36. The highest BCUT2D eigenvalue weighted by atomic mass is 79.9. The van der Waals surface area contributed by atoms with Gasteiger partial charge in [0.05, 0.1) is 3.79 Å². The number of rotatable bonds is 4. The van der Waals surface area contributed by atoms with Gasteiger partial charge < -0.3 is 5.32 Å². The second-order valence-corrected chi connectivity index (χ2v) is 7.23. The van der Waals surface area contributed by atoms with Crippen LogP contribution in [0.25, 0.3) is 0 Å². The van der Waals surface area contributed by atoms with Crippen LogP contribution in [0, 0.1) is 0 Å². The molecule has 2 rings (SSSR count). The van der Waals surface area contributed by atoms with Gasteiger partial charge in [-0.15, -0.1) is 11.3 Å².